The summed E-state index contributed by atoms with van der Waals surface area (Å²) < 4.78 is 7.42. The van der Waals surface area contributed by atoms with Gasteiger partial charge in [0.15, 0.2) is 0 Å². The second-order valence-corrected chi connectivity index (χ2v) is 4.37. The molecule has 0 aliphatic rings. The van der Waals surface area contributed by atoms with E-state index in [1.54, 1.807) is 13.3 Å². The summed E-state index contributed by atoms with van der Waals surface area (Å²) in [5.74, 6) is 0.836. The van der Waals surface area contributed by atoms with Crippen LogP contribution in [0.3, 0.4) is 0 Å². The highest BCUT2D eigenvalue weighted by atomic mass is 35.5. The van der Waals surface area contributed by atoms with Gasteiger partial charge in [0.25, 0.3) is 0 Å². The van der Waals surface area contributed by atoms with Crippen molar-refractivity contribution in [3.8, 4) is 11.4 Å². The van der Waals surface area contributed by atoms with E-state index in [2.05, 4.69) is 4.98 Å². The van der Waals surface area contributed by atoms with E-state index < -0.39 is 0 Å². The lowest BCUT2D eigenvalue weighted by atomic mass is 10.3. The summed E-state index contributed by atoms with van der Waals surface area (Å²) in [5.41, 5.74) is 2.04. The number of fused-ring (bicyclic) bond motifs is 1. The highest BCUT2D eigenvalue weighted by molar-refractivity contribution is 6.30. The van der Waals surface area contributed by atoms with Gasteiger partial charge in [0.1, 0.15) is 5.75 Å². The molecule has 4 heteroatoms. The van der Waals surface area contributed by atoms with Crippen molar-refractivity contribution >= 4 is 22.5 Å². The van der Waals surface area contributed by atoms with Crippen LogP contribution in [0.5, 0.6) is 5.75 Å². The fraction of sp³-hybridized carbons (Fsp3) is 0.0714. The molecule has 0 N–H and O–H groups in total. The van der Waals surface area contributed by atoms with Gasteiger partial charge in [-0.3, -0.25) is 4.98 Å². The van der Waals surface area contributed by atoms with E-state index in [4.69, 9.17) is 16.3 Å². The van der Waals surface area contributed by atoms with Crippen LogP contribution in [-0.2, 0) is 0 Å². The third-order valence-corrected chi connectivity index (χ3v) is 3.15. The predicted molar refractivity (Wildman–Crippen MR) is 72.6 cm³/mol. The lowest BCUT2D eigenvalue weighted by Crippen LogP contribution is -1.91. The minimum absolute atomic E-state index is 0.723. The first-order valence-corrected chi connectivity index (χ1v) is 5.92. The summed E-state index contributed by atoms with van der Waals surface area (Å²) in [5, 5.41) is 1.77. The molecule has 90 valence electrons. The third-order valence-electron chi connectivity index (χ3n) is 2.90. The van der Waals surface area contributed by atoms with Gasteiger partial charge in [-0.25, -0.2) is 0 Å². The van der Waals surface area contributed by atoms with Crippen molar-refractivity contribution in [2.75, 3.05) is 7.11 Å². The highest BCUT2D eigenvalue weighted by Gasteiger charge is 2.09. The van der Waals surface area contributed by atoms with Gasteiger partial charge in [0.2, 0.25) is 0 Å². The quantitative estimate of drug-likeness (QED) is 0.701. The van der Waals surface area contributed by atoms with Crippen LogP contribution < -0.4 is 4.74 Å². The SMILES string of the molecule is COc1cn(-c2ccc(Cl)cc2)c2cnccc12. The first-order chi connectivity index (χ1) is 8.79. The summed E-state index contributed by atoms with van der Waals surface area (Å²) in [4.78, 5) is 4.16. The molecule has 0 aliphatic carbocycles. The molecule has 0 spiro atoms. The van der Waals surface area contributed by atoms with Crippen molar-refractivity contribution in [1.82, 2.24) is 9.55 Å². The minimum atomic E-state index is 0.723. The lowest BCUT2D eigenvalue weighted by Gasteiger charge is -2.04. The average Bonchev–Trinajstić information content (AvgIpc) is 2.79. The van der Waals surface area contributed by atoms with Crippen LogP contribution in [0, 0.1) is 0 Å². The smallest absolute Gasteiger partial charge is 0.144 e. The lowest BCUT2D eigenvalue weighted by molar-refractivity contribution is 0.419. The molecule has 1 aromatic carbocycles. The highest BCUT2D eigenvalue weighted by Crippen LogP contribution is 2.29. The van der Waals surface area contributed by atoms with E-state index in [0.717, 1.165) is 27.4 Å². The molecule has 0 atom stereocenters. The molecule has 0 radical (unpaired) electrons. The zero-order valence-corrected chi connectivity index (χ0v) is 10.6. The number of rotatable bonds is 2. The van der Waals surface area contributed by atoms with Crippen molar-refractivity contribution in [2.45, 2.75) is 0 Å². The number of pyridine rings is 1. The molecule has 0 saturated carbocycles. The summed E-state index contributed by atoms with van der Waals surface area (Å²) >= 11 is 5.90. The Labute approximate surface area is 110 Å². The second kappa shape index (κ2) is 4.35. The van der Waals surface area contributed by atoms with E-state index in [1.807, 2.05) is 47.3 Å². The van der Waals surface area contributed by atoms with Crippen LogP contribution in [0.2, 0.25) is 5.02 Å². The number of aromatic nitrogens is 2. The Balaban J connectivity index is 2.26. The predicted octanol–water partition coefficient (Wildman–Crippen LogP) is 3.69. The largest absolute Gasteiger partial charge is 0.494 e. The minimum Gasteiger partial charge on any atom is -0.494 e. The molecule has 0 amide bonds. The van der Waals surface area contributed by atoms with Crippen LogP contribution >= 0.6 is 11.6 Å². The topological polar surface area (TPSA) is 27.1 Å². The van der Waals surface area contributed by atoms with Crippen LogP contribution in [-0.4, -0.2) is 16.7 Å². The van der Waals surface area contributed by atoms with Crippen molar-refractivity contribution in [2.24, 2.45) is 0 Å². The van der Waals surface area contributed by atoms with Crippen molar-refractivity contribution < 1.29 is 4.74 Å². The Morgan fingerprint density at radius 2 is 1.94 bits per heavy atom. The molecule has 2 aromatic heterocycles. The molecule has 0 saturated heterocycles. The van der Waals surface area contributed by atoms with Gasteiger partial charge in [-0.15, -0.1) is 0 Å². The average molecular weight is 259 g/mol. The van der Waals surface area contributed by atoms with E-state index in [0.29, 0.717) is 0 Å². The Hall–Kier alpha value is -2.00. The molecule has 3 rings (SSSR count). The first-order valence-electron chi connectivity index (χ1n) is 5.54. The molecule has 0 bridgehead atoms. The molecule has 0 fully saturated rings. The van der Waals surface area contributed by atoms with E-state index in [1.165, 1.54) is 0 Å². The number of hydrogen-bond acceptors (Lipinski definition) is 2. The zero-order chi connectivity index (χ0) is 12.5. The van der Waals surface area contributed by atoms with Gasteiger partial charge >= 0.3 is 0 Å². The Bertz CT molecular complexity index is 689. The van der Waals surface area contributed by atoms with Crippen molar-refractivity contribution in [3.05, 3.63) is 53.9 Å². The first kappa shape index (κ1) is 11.1. The molecular formula is C14H11ClN2O. The molecular weight excluding hydrogens is 248 g/mol. The van der Waals surface area contributed by atoms with Gasteiger partial charge in [-0.2, -0.15) is 0 Å². The third kappa shape index (κ3) is 1.73. The number of benzene rings is 1. The van der Waals surface area contributed by atoms with Gasteiger partial charge in [-0.05, 0) is 30.3 Å². The summed E-state index contributed by atoms with van der Waals surface area (Å²) in [6, 6.07) is 9.61. The van der Waals surface area contributed by atoms with E-state index in [9.17, 15) is 0 Å². The number of ether oxygens (including phenoxy) is 1. The van der Waals surface area contributed by atoms with E-state index in [-0.39, 0.29) is 0 Å². The van der Waals surface area contributed by atoms with Crippen molar-refractivity contribution in [3.63, 3.8) is 0 Å². The molecule has 0 aliphatic heterocycles. The Morgan fingerprint density at radius 1 is 1.17 bits per heavy atom. The number of hydrogen-bond donors (Lipinski definition) is 0. The number of nitrogens with zero attached hydrogens (tertiary/aromatic N) is 2. The van der Waals surface area contributed by atoms with Crippen molar-refractivity contribution in [1.29, 1.82) is 0 Å². The Morgan fingerprint density at radius 3 is 2.67 bits per heavy atom. The van der Waals surface area contributed by atoms with Gasteiger partial charge in [0.05, 0.1) is 25.0 Å². The fourth-order valence-corrected chi connectivity index (χ4v) is 2.15. The van der Waals surface area contributed by atoms with Gasteiger partial charge in [0, 0.05) is 22.3 Å². The second-order valence-electron chi connectivity index (χ2n) is 3.94. The summed E-state index contributed by atoms with van der Waals surface area (Å²) in [7, 11) is 1.67. The van der Waals surface area contributed by atoms with E-state index >= 15 is 0 Å². The maximum atomic E-state index is 5.90. The number of methoxy groups -OCH3 is 1. The summed E-state index contributed by atoms with van der Waals surface area (Å²) in [6.07, 6.45) is 5.54. The van der Waals surface area contributed by atoms with Crippen LogP contribution in [0.4, 0.5) is 0 Å². The maximum absolute atomic E-state index is 5.90. The van der Waals surface area contributed by atoms with Gasteiger partial charge < -0.3 is 9.30 Å². The molecule has 3 aromatic rings. The normalized spacial score (nSPS) is 10.8. The fourth-order valence-electron chi connectivity index (χ4n) is 2.02. The summed E-state index contributed by atoms with van der Waals surface area (Å²) in [6.45, 7) is 0. The molecule has 18 heavy (non-hydrogen) atoms. The van der Waals surface area contributed by atoms with Gasteiger partial charge in [-0.1, -0.05) is 11.6 Å². The standard InChI is InChI=1S/C14H11ClN2O/c1-18-14-9-17(11-4-2-10(15)3-5-11)13-8-16-7-6-12(13)14/h2-9H,1H3. The maximum Gasteiger partial charge on any atom is 0.144 e. The Kier molecular flexibility index (Phi) is 2.68. The van der Waals surface area contributed by atoms with Crippen LogP contribution in [0.25, 0.3) is 16.6 Å². The van der Waals surface area contributed by atoms with Crippen LogP contribution in [0.1, 0.15) is 0 Å². The van der Waals surface area contributed by atoms with Crippen LogP contribution in [0.15, 0.2) is 48.9 Å². The molecule has 2 heterocycles. The zero-order valence-electron chi connectivity index (χ0n) is 9.80. The monoisotopic (exact) mass is 258 g/mol. The number of halogens is 1. The molecule has 3 nitrogen and oxygen atoms in total. The molecule has 0 unspecified atom stereocenters.